The standard InChI is InChI=1S/C17H27NO2/c1-5-12-20-13-11-18(14(4)19)17-15(6-2)9-8-10-16(17)7-3/h8-10H,5-7,11-13H2,1-4H3. The maximum absolute atomic E-state index is 12.0. The van der Waals surface area contributed by atoms with Gasteiger partial charge < -0.3 is 9.64 Å². The second kappa shape index (κ2) is 8.75. The van der Waals surface area contributed by atoms with Gasteiger partial charge in [0, 0.05) is 20.1 Å². The molecule has 0 spiro atoms. The molecule has 0 fully saturated rings. The van der Waals surface area contributed by atoms with Crippen molar-refractivity contribution < 1.29 is 9.53 Å². The van der Waals surface area contributed by atoms with Crippen LogP contribution in [0.15, 0.2) is 18.2 Å². The van der Waals surface area contributed by atoms with Crippen LogP contribution in [0.4, 0.5) is 5.69 Å². The molecule has 0 aromatic heterocycles. The van der Waals surface area contributed by atoms with Gasteiger partial charge in [0.1, 0.15) is 0 Å². The zero-order valence-corrected chi connectivity index (χ0v) is 13.2. The van der Waals surface area contributed by atoms with Crippen LogP contribution < -0.4 is 4.90 Å². The van der Waals surface area contributed by atoms with Crippen LogP contribution in [0.1, 0.15) is 45.2 Å². The summed E-state index contributed by atoms with van der Waals surface area (Å²) in [5.41, 5.74) is 3.55. The van der Waals surface area contributed by atoms with Crippen molar-refractivity contribution >= 4 is 11.6 Å². The van der Waals surface area contributed by atoms with Gasteiger partial charge in [0.25, 0.3) is 0 Å². The van der Waals surface area contributed by atoms with E-state index in [-0.39, 0.29) is 5.91 Å². The molecular weight excluding hydrogens is 250 g/mol. The first kappa shape index (κ1) is 16.7. The molecule has 0 saturated heterocycles. The molecule has 0 aliphatic carbocycles. The number of amides is 1. The number of hydrogen-bond acceptors (Lipinski definition) is 2. The molecule has 1 rings (SSSR count). The van der Waals surface area contributed by atoms with Crippen molar-refractivity contribution in [1.29, 1.82) is 0 Å². The number of benzene rings is 1. The first-order chi connectivity index (χ1) is 9.65. The third-order valence-electron chi connectivity index (χ3n) is 3.42. The van der Waals surface area contributed by atoms with Gasteiger partial charge in [-0.05, 0) is 30.4 Å². The molecule has 0 N–H and O–H groups in total. The number of para-hydroxylation sites is 1. The summed E-state index contributed by atoms with van der Waals surface area (Å²) in [7, 11) is 0. The molecular formula is C17H27NO2. The Balaban J connectivity index is 2.98. The number of ether oxygens (including phenoxy) is 1. The van der Waals surface area contributed by atoms with E-state index in [9.17, 15) is 4.79 Å². The quantitative estimate of drug-likeness (QED) is 0.680. The van der Waals surface area contributed by atoms with Crippen molar-refractivity contribution in [3.05, 3.63) is 29.3 Å². The minimum atomic E-state index is 0.0840. The smallest absolute Gasteiger partial charge is 0.223 e. The predicted octanol–water partition coefficient (Wildman–Crippen LogP) is 3.59. The fourth-order valence-corrected chi connectivity index (χ4v) is 2.39. The molecule has 20 heavy (non-hydrogen) atoms. The molecule has 0 atom stereocenters. The summed E-state index contributed by atoms with van der Waals surface area (Å²) >= 11 is 0. The van der Waals surface area contributed by atoms with Gasteiger partial charge in [-0.25, -0.2) is 0 Å². The van der Waals surface area contributed by atoms with E-state index < -0.39 is 0 Å². The molecule has 0 radical (unpaired) electrons. The van der Waals surface area contributed by atoms with Crippen LogP contribution in [0.3, 0.4) is 0 Å². The molecule has 3 heteroatoms. The number of rotatable bonds is 8. The summed E-state index contributed by atoms with van der Waals surface area (Å²) in [6, 6.07) is 6.29. The lowest BCUT2D eigenvalue weighted by molar-refractivity contribution is -0.116. The van der Waals surface area contributed by atoms with Gasteiger partial charge in [-0.15, -0.1) is 0 Å². The predicted molar refractivity (Wildman–Crippen MR) is 84.3 cm³/mol. The Morgan fingerprint density at radius 2 is 1.70 bits per heavy atom. The van der Waals surface area contributed by atoms with E-state index in [1.165, 1.54) is 11.1 Å². The highest BCUT2D eigenvalue weighted by atomic mass is 16.5. The van der Waals surface area contributed by atoms with Crippen molar-refractivity contribution in [2.24, 2.45) is 0 Å². The number of nitrogens with zero attached hydrogens (tertiary/aromatic N) is 1. The maximum atomic E-state index is 12.0. The maximum Gasteiger partial charge on any atom is 0.223 e. The molecule has 0 heterocycles. The Bertz CT molecular complexity index is 407. The summed E-state index contributed by atoms with van der Waals surface area (Å²) in [6.07, 6.45) is 2.87. The van der Waals surface area contributed by atoms with E-state index in [2.05, 4.69) is 39.0 Å². The molecule has 0 aliphatic heterocycles. The van der Waals surface area contributed by atoms with Crippen LogP contribution >= 0.6 is 0 Å². The normalized spacial score (nSPS) is 10.6. The molecule has 1 aromatic rings. The Hall–Kier alpha value is -1.35. The van der Waals surface area contributed by atoms with Crippen LogP contribution in [-0.4, -0.2) is 25.7 Å². The number of carbonyl (C=O) groups is 1. The molecule has 0 bridgehead atoms. The van der Waals surface area contributed by atoms with Crippen LogP contribution in [0.5, 0.6) is 0 Å². The van der Waals surface area contributed by atoms with E-state index in [0.717, 1.165) is 31.6 Å². The third-order valence-corrected chi connectivity index (χ3v) is 3.42. The molecule has 3 nitrogen and oxygen atoms in total. The van der Waals surface area contributed by atoms with Gasteiger partial charge in [0.2, 0.25) is 5.91 Å². The second-order valence-electron chi connectivity index (χ2n) is 4.92. The van der Waals surface area contributed by atoms with Gasteiger partial charge in [-0.3, -0.25) is 4.79 Å². The van der Waals surface area contributed by atoms with Crippen molar-refractivity contribution in [2.45, 2.75) is 47.0 Å². The lowest BCUT2D eigenvalue weighted by Gasteiger charge is -2.26. The van der Waals surface area contributed by atoms with Crippen LogP contribution in [-0.2, 0) is 22.4 Å². The fourth-order valence-electron chi connectivity index (χ4n) is 2.39. The largest absolute Gasteiger partial charge is 0.380 e. The summed E-state index contributed by atoms with van der Waals surface area (Å²) in [5, 5.41) is 0. The molecule has 0 aliphatic rings. The van der Waals surface area contributed by atoms with E-state index in [4.69, 9.17) is 4.74 Å². The molecule has 0 unspecified atom stereocenters. The van der Waals surface area contributed by atoms with Gasteiger partial charge in [-0.1, -0.05) is 39.0 Å². The Morgan fingerprint density at radius 3 is 2.15 bits per heavy atom. The third kappa shape index (κ3) is 4.34. The summed E-state index contributed by atoms with van der Waals surface area (Å²) in [4.78, 5) is 13.9. The first-order valence-electron chi connectivity index (χ1n) is 7.62. The van der Waals surface area contributed by atoms with E-state index in [0.29, 0.717) is 13.2 Å². The number of anilines is 1. The van der Waals surface area contributed by atoms with E-state index >= 15 is 0 Å². The average molecular weight is 277 g/mol. The zero-order valence-electron chi connectivity index (χ0n) is 13.2. The van der Waals surface area contributed by atoms with Crippen molar-refractivity contribution in [1.82, 2.24) is 0 Å². The monoisotopic (exact) mass is 277 g/mol. The topological polar surface area (TPSA) is 29.5 Å². The summed E-state index contributed by atoms with van der Waals surface area (Å²) < 4.78 is 5.54. The van der Waals surface area contributed by atoms with Gasteiger partial charge in [0.05, 0.1) is 12.3 Å². The van der Waals surface area contributed by atoms with Crippen LogP contribution in [0, 0.1) is 0 Å². The Labute approximate surface area is 122 Å². The molecule has 112 valence electrons. The summed E-state index contributed by atoms with van der Waals surface area (Å²) in [5.74, 6) is 0.0840. The SMILES string of the molecule is CCCOCCN(C(C)=O)c1c(CC)cccc1CC. The fraction of sp³-hybridized carbons (Fsp3) is 0.588. The van der Waals surface area contributed by atoms with Crippen LogP contribution in [0.2, 0.25) is 0 Å². The summed E-state index contributed by atoms with van der Waals surface area (Å²) in [6.45, 7) is 9.94. The number of hydrogen-bond donors (Lipinski definition) is 0. The molecule has 1 aromatic carbocycles. The number of carbonyl (C=O) groups excluding carboxylic acids is 1. The van der Waals surface area contributed by atoms with Crippen LogP contribution in [0.25, 0.3) is 0 Å². The minimum Gasteiger partial charge on any atom is -0.380 e. The molecule has 1 amide bonds. The highest BCUT2D eigenvalue weighted by Gasteiger charge is 2.17. The second-order valence-corrected chi connectivity index (χ2v) is 4.92. The molecule has 0 saturated carbocycles. The minimum absolute atomic E-state index is 0.0840. The van der Waals surface area contributed by atoms with Gasteiger partial charge in [-0.2, -0.15) is 0 Å². The van der Waals surface area contributed by atoms with E-state index in [1.807, 2.05) is 4.90 Å². The lowest BCUT2D eigenvalue weighted by atomic mass is 10.0. The average Bonchev–Trinajstić information content (AvgIpc) is 2.46. The van der Waals surface area contributed by atoms with Crippen molar-refractivity contribution in [2.75, 3.05) is 24.7 Å². The van der Waals surface area contributed by atoms with Gasteiger partial charge in [0.15, 0.2) is 0 Å². The van der Waals surface area contributed by atoms with Crippen molar-refractivity contribution in [3.63, 3.8) is 0 Å². The van der Waals surface area contributed by atoms with Gasteiger partial charge >= 0.3 is 0 Å². The Kier molecular flexibility index (Phi) is 7.31. The Morgan fingerprint density at radius 1 is 1.10 bits per heavy atom. The van der Waals surface area contributed by atoms with Crippen molar-refractivity contribution in [3.8, 4) is 0 Å². The number of aryl methyl sites for hydroxylation is 2. The van der Waals surface area contributed by atoms with E-state index in [1.54, 1.807) is 6.92 Å². The lowest BCUT2D eigenvalue weighted by Crippen LogP contribution is -2.33. The first-order valence-corrected chi connectivity index (χ1v) is 7.62. The highest BCUT2D eigenvalue weighted by molar-refractivity contribution is 5.93. The zero-order chi connectivity index (χ0) is 15.0. The highest BCUT2D eigenvalue weighted by Crippen LogP contribution is 2.27.